The molecule has 24 heavy (non-hydrogen) atoms. The van der Waals surface area contributed by atoms with E-state index >= 15 is 0 Å². The number of halogens is 1. The predicted molar refractivity (Wildman–Crippen MR) is 89.0 cm³/mol. The minimum Gasteiger partial charge on any atom is -0.444 e. The molecule has 0 saturated heterocycles. The third-order valence-electron chi connectivity index (χ3n) is 4.03. The van der Waals surface area contributed by atoms with Crippen molar-refractivity contribution >= 4 is 6.09 Å². The lowest BCUT2D eigenvalue weighted by Gasteiger charge is -2.35. The number of hydrogen-bond acceptors (Lipinski definition) is 3. The molecule has 128 valence electrons. The van der Waals surface area contributed by atoms with Gasteiger partial charge in [-0.15, -0.1) is 0 Å². The van der Waals surface area contributed by atoms with Crippen LogP contribution in [0.25, 0.3) is 11.3 Å². The molecule has 2 heterocycles. The van der Waals surface area contributed by atoms with E-state index in [2.05, 4.69) is 5.10 Å². The van der Waals surface area contributed by atoms with Crippen LogP contribution >= 0.6 is 0 Å². The van der Waals surface area contributed by atoms with Crippen molar-refractivity contribution in [2.45, 2.75) is 45.9 Å². The first-order valence-corrected chi connectivity index (χ1v) is 8.08. The summed E-state index contributed by atoms with van der Waals surface area (Å²) in [4.78, 5) is 14.1. The third-order valence-corrected chi connectivity index (χ3v) is 4.03. The number of benzene rings is 1. The van der Waals surface area contributed by atoms with Gasteiger partial charge in [0.1, 0.15) is 11.4 Å². The molecule has 5 nitrogen and oxygen atoms in total. The molecule has 6 heteroatoms. The molecule has 0 aliphatic carbocycles. The van der Waals surface area contributed by atoms with E-state index in [1.165, 1.54) is 12.1 Å². The van der Waals surface area contributed by atoms with E-state index in [9.17, 15) is 9.18 Å². The molecule has 1 aromatic heterocycles. The fraction of sp³-hybridized carbons (Fsp3) is 0.444. The third kappa shape index (κ3) is 3.27. The number of aromatic nitrogens is 2. The summed E-state index contributed by atoms with van der Waals surface area (Å²) in [5.41, 5.74) is 2.07. The molecule has 0 bridgehead atoms. The Morgan fingerprint density at radius 2 is 1.92 bits per heavy atom. The van der Waals surface area contributed by atoms with Crippen LogP contribution in [0.4, 0.5) is 9.18 Å². The number of ether oxygens (including phenoxy) is 1. The zero-order valence-electron chi connectivity index (χ0n) is 14.4. The molecule has 3 rings (SSSR count). The molecular formula is C18H22FN3O2. The Morgan fingerprint density at radius 1 is 1.25 bits per heavy atom. The summed E-state index contributed by atoms with van der Waals surface area (Å²) >= 11 is 0. The normalized spacial score (nSPS) is 17.5. The van der Waals surface area contributed by atoms with Crippen LogP contribution in [0.1, 0.15) is 39.4 Å². The average Bonchev–Trinajstić information content (AvgIpc) is 2.91. The highest BCUT2D eigenvalue weighted by molar-refractivity contribution is 5.69. The SMILES string of the molecule is CC1c2cc(-c3ccc(F)cc3)nn2CCN1C(=O)OC(C)(C)C. The van der Waals surface area contributed by atoms with Gasteiger partial charge in [0.25, 0.3) is 0 Å². The van der Waals surface area contributed by atoms with Gasteiger partial charge in [-0.25, -0.2) is 9.18 Å². The van der Waals surface area contributed by atoms with Crippen molar-refractivity contribution in [1.29, 1.82) is 0 Å². The second-order valence-electron chi connectivity index (χ2n) is 7.03. The smallest absolute Gasteiger partial charge is 0.410 e. The van der Waals surface area contributed by atoms with Gasteiger partial charge >= 0.3 is 6.09 Å². The molecule has 0 saturated carbocycles. The van der Waals surface area contributed by atoms with E-state index in [1.807, 2.05) is 38.4 Å². The van der Waals surface area contributed by atoms with Crippen LogP contribution in [-0.4, -0.2) is 32.9 Å². The Bertz CT molecular complexity index is 747. The summed E-state index contributed by atoms with van der Waals surface area (Å²) in [6.45, 7) is 8.70. The number of amides is 1. The van der Waals surface area contributed by atoms with E-state index < -0.39 is 5.60 Å². The van der Waals surface area contributed by atoms with Crippen LogP contribution < -0.4 is 0 Å². The average molecular weight is 331 g/mol. The minimum atomic E-state index is -0.520. The lowest BCUT2D eigenvalue weighted by Crippen LogP contribution is -2.43. The summed E-state index contributed by atoms with van der Waals surface area (Å²) in [7, 11) is 0. The van der Waals surface area contributed by atoms with Crippen LogP contribution in [0.3, 0.4) is 0 Å². The Morgan fingerprint density at radius 3 is 2.54 bits per heavy atom. The second-order valence-corrected chi connectivity index (χ2v) is 7.03. The van der Waals surface area contributed by atoms with Gasteiger partial charge in [-0.1, -0.05) is 0 Å². The van der Waals surface area contributed by atoms with Crippen molar-refractivity contribution in [1.82, 2.24) is 14.7 Å². The van der Waals surface area contributed by atoms with Gasteiger partial charge in [-0.3, -0.25) is 9.58 Å². The monoisotopic (exact) mass is 331 g/mol. The predicted octanol–water partition coefficient (Wildman–Crippen LogP) is 4.00. The van der Waals surface area contributed by atoms with Crippen LogP contribution in [0.2, 0.25) is 0 Å². The molecule has 0 fully saturated rings. The highest BCUT2D eigenvalue weighted by Gasteiger charge is 2.32. The number of rotatable bonds is 1. The van der Waals surface area contributed by atoms with E-state index in [4.69, 9.17) is 4.74 Å². The van der Waals surface area contributed by atoms with Gasteiger partial charge in [0.05, 0.1) is 24.0 Å². The molecule has 1 aromatic carbocycles. The molecule has 1 aliphatic rings. The summed E-state index contributed by atoms with van der Waals surface area (Å²) < 4.78 is 20.5. The maximum atomic E-state index is 13.1. The number of nitrogens with zero attached hydrogens (tertiary/aromatic N) is 3. The van der Waals surface area contributed by atoms with E-state index in [-0.39, 0.29) is 18.0 Å². The number of fused-ring (bicyclic) bond motifs is 1. The topological polar surface area (TPSA) is 47.4 Å². The Kier molecular flexibility index (Phi) is 4.07. The molecule has 1 amide bonds. The highest BCUT2D eigenvalue weighted by atomic mass is 19.1. The van der Waals surface area contributed by atoms with Crippen LogP contribution in [0.5, 0.6) is 0 Å². The first-order valence-electron chi connectivity index (χ1n) is 8.08. The number of carbonyl (C=O) groups excluding carboxylic acids is 1. The van der Waals surface area contributed by atoms with Crippen molar-refractivity contribution in [3.63, 3.8) is 0 Å². The largest absolute Gasteiger partial charge is 0.444 e. The standard InChI is InChI=1S/C18H22FN3O2/c1-12-16-11-15(13-5-7-14(19)8-6-13)20-22(16)10-9-21(12)17(23)24-18(2,3)4/h5-8,11-12H,9-10H2,1-4H3. The Hall–Kier alpha value is -2.37. The maximum absolute atomic E-state index is 13.1. The molecule has 1 aliphatic heterocycles. The van der Waals surface area contributed by atoms with Gasteiger partial charge in [0.15, 0.2) is 0 Å². The molecule has 0 radical (unpaired) electrons. The second kappa shape index (κ2) is 5.92. The maximum Gasteiger partial charge on any atom is 0.410 e. The molecule has 1 atom stereocenters. The first-order chi connectivity index (χ1) is 11.2. The van der Waals surface area contributed by atoms with E-state index in [0.717, 1.165) is 17.0 Å². The van der Waals surface area contributed by atoms with Crippen LogP contribution in [-0.2, 0) is 11.3 Å². The van der Waals surface area contributed by atoms with Crippen molar-refractivity contribution in [3.8, 4) is 11.3 Å². The molecular weight excluding hydrogens is 309 g/mol. The van der Waals surface area contributed by atoms with Gasteiger partial charge in [0.2, 0.25) is 0 Å². The summed E-state index contributed by atoms with van der Waals surface area (Å²) in [6.07, 6.45) is -0.314. The van der Waals surface area contributed by atoms with Gasteiger partial charge < -0.3 is 4.74 Å². The van der Waals surface area contributed by atoms with E-state index in [1.54, 1.807) is 17.0 Å². The van der Waals surface area contributed by atoms with Gasteiger partial charge in [0, 0.05) is 12.1 Å². The molecule has 0 N–H and O–H groups in total. The van der Waals surface area contributed by atoms with Gasteiger partial charge in [-0.2, -0.15) is 5.10 Å². The zero-order chi connectivity index (χ0) is 17.5. The van der Waals surface area contributed by atoms with Crippen molar-refractivity contribution in [2.75, 3.05) is 6.54 Å². The fourth-order valence-corrected chi connectivity index (χ4v) is 2.83. The summed E-state index contributed by atoms with van der Waals surface area (Å²) in [5, 5.41) is 4.58. The molecule has 0 spiro atoms. The lowest BCUT2D eigenvalue weighted by molar-refractivity contribution is 0.0120. The minimum absolute atomic E-state index is 0.129. The quantitative estimate of drug-likeness (QED) is 0.793. The first kappa shape index (κ1) is 16.5. The van der Waals surface area contributed by atoms with E-state index in [0.29, 0.717) is 13.1 Å². The zero-order valence-corrected chi connectivity index (χ0v) is 14.4. The van der Waals surface area contributed by atoms with Crippen molar-refractivity contribution in [2.24, 2.45) is 0 Å². The van der Waals surface area contributed by atoms with Crippen molar-refractivity contribution < 1.29 is 13.9 Å². The lowest BCUT2D eigenvalue weighted by atomic mass is 10.1. The molecule has 2 aromatic rings. The van der Waals surface area contributed by atoms with Crippen molar-refractivity contribution in [3.05, 3.63) is 41.8 Å². The number of carbonyl (C=O) groups is 1. The van der Waals surface area contributed by atoms with Crippen LogP contribution in [0, 0.1) is 5.82 Å². The number of hydrogen-bond donors (Lipinski definition) is 0. The molecule has 1 unspecified atom stereocenters. The highest BCUT2D eigenvalue weighted by Crippen LogP contribution is 2.30. The fourth-order valence-electron chi connectivity index (χ4n) is 2.83. The Labute approximate surface area is 141 Å². The Balaban J connectivity index is 1.84. The summed E-state index contributed by atoms with van der Waals surface area (Å²) in [5.74, 6) is -0.271. The van der Waals surface area contributed by atoms with Crippen LogP contribution in [0.15, 0.2) is 30.3 Å². The summed E-state index contributed by atoms with van der Waals surface area (Å²) in [6, 6.07) is 8.08. The van der Waals surface area contributed by atoms with Gasteiger partial charge in [-0.05, 0) is 58.0 Å².